The van der Waals surface area contributed by atoms with Gasteiger partial charge in [0.05, 0.1) is 29.5 Å². The van der Waals surface area contributed by atoms with Gasteiger partial charge in [0, 0.05) is 18.3 Å². The van der Waals surface area contributed by atoms with Gasteiger partial charge in [-0.05, 0) is 12.8 Å². The molecule has 1 N–H and O–H groups in total. The molecule has 20 heavy (non-hydrogen) atoms. The highest BCUT2D eigenvalue weighted by Gasteiger charge is 2.41. The van der Waals surface area contributed by atoms with E-state index < -0.39 is 27.2 Å². The molecule has 2 atom stereocenters. The van der Waals surface area contributed by atoms with E-state index in [0.717, 1.165) is 12.1 Å². The minimum Gasteiger partial charge on any atom is -0.469 e. The number of aromatic nitrogens is 1. The summed E-state index contributed by atoms with van der Waals surface area (Å²) in [4.78, 5) is 15.7. The van der Waals surface area contributed by atoms with Crippen molar-refractivity contribution in [2.45, 2.75) is 30.9 Å². The van der Waals surface area contributed by atoms with Crippen LogP contribution in [0.25, 0.3) is 0 Å². The molecule has 1 aromatic heterocycles. The van der Waals surface area contributed by atoms with E-state index in [1.807, 2.05) is 5.38 Å². The van der Waals surface area contributed by atoms with Crippen molar-refractivity contribution in [3.63, 3.8) is 0 Å². The van der Waals surface area contributed by atoms with E-state index in [2.05, 4.69) is 14.4 Å². The van der Waals surface area contributed by atoms with E-state index in [1.165, 1.54) is 18.4 Å². The molecule has 1 aliphatic rings. The third-order valence-corrected chi connectivity index (χ3v) is 6.13. The lowest BCUT2D eigenvalue weighted by Crippen LogP contribution is -2.40. The van der Waals surface area contributed by atoms with Gasteiger partial charge in [-0.25, -0.2) is 18.1 Å². The van der Waals surface area contributed by atoms with Crippen molar-refractivity contribution in [3.05, 3.63) is 16.6 Å². The van der Waals surface area contributed by atoms with E-state index in [0.29, 0.717) is 25.8 Å². The molecule has 6 nitrogen and oxygen atoms in total. The van der Waals surface area contributed by atoms with E-state index >= 15 is 0 Å². The van der Waals surface area contributed by atoms with Crippen LogP contribution in [0.4, 0.5) is 0 Å². The molecule has 112 valence electrons. The van der Waals surface area contributed by atoms with Crippen LogP contribution in [-0.2, 0) is 26.0 Å². The number of nitrogens with one attached hydrogen (secondary N) is 1. The van der Waals surface area contributed by atoms with Crippen LogP contribution >= 0.6 is 11.3 Å². The number of carbonyl (C=O) groups is 1. The SMILES string of the molecule is COC(=O)C1CCCC1S(=O)(=O)NCCc1cscn1. The predicted octanol–water partition coefficient (Wildman–Crippen LogP) is 0.947. The lowest BCUT2D eigenvalue weighted by atomic mass is 10.1. The quantitative estimate of drug-likeness (QED) is 0.789. The molecule has 0 aliphatic heterocycles. The second kappa shape index (κ2) is 6.64. The first-order chi connectivity index (χ1) is 9.54. The van der Waals surface area contributed by atoms with Crippen LogP contribution in [0.1, 0.15) is 25.0 Å². The Morgan fingerprint density at radius 1 is 1.55 bits per heavy atom. The van der Waals surface area contributed by atoms with Crippen LogP contribution in [0.2, 0.25) is 0 Å². The number of esters is 1. The van der Waals surface area contributed by atoms with Crippen molar-refractivity contribution in [2.24, 2.45) is 5.92 Å². The van der Waals surface area contributed by atoms with Gasteiger partial charge in [-0.1, -0.05) is 6.42 Å². The molecule has 0 amide bonds. The first kappa shape index (κ1) is 15.4. The highest BCUT2D eigenvalue weighted by atomic mass is 32.2. The van der Waals surface area contributed by atoms with E-state index in [-0.39, 0.29) is 0 Å². The van der Waals surface area contributed by atoms with Gasteiger partial charge in [0.1, 0.15) is 0 Å². The monoisotopic (exact) mass is 318 g/mol. The summed E-state index contributed by atoms with van der Waals surface area (Å²) in [7, 11) is -2.20. The summed E-state index contributed by atoms with van der Waals surface area (Å²) in [5.74, 6) is -0.978. The molecule has 0 saturated heterocycles. The third-order valence-electron chi connectivity index (χ3n) is 3.52. The van der Waals surface area contributed by atoms with Crippen molar-refractivity contribution in [3.8, 4) is 0 Å². The van der Waals surface area contributed by atoms with Gasteiger partial charge in [0.2, 0.25) is 10.0 Å². The summed E-state index contributed by atoms with van der Waals surface area (Å²) < 4.78 is 31.8. The zero-order valence-corrected chi connectivity index (χ0v) is 12.9. The smallest absolute Gasteiger partial charge is 0.310 e. The predicted molar refractivity (Wildman–Crippen MR) is 75.9 cm³/mol. The summed E-state index contributed by atoms with van der Waals surface area (Å²) >= 11 is 1.48. The molecule has 0 radical (unpaired) electrons. The van der Waals surface area contributed by atoms with E-state index in [1.54, 1.807) is 5.51 Å². The van der Waals surface area contributed by atoms with Crippen molar-refractivity contribution in [2.75, 3.05) is 13.7 Å². The van der Waals surface area contributed by atoms with Crippen LogP contribution in [0.3, 0.4) is 0 Å². The first-order valence-electron chi connectivity index (χ1n) is 6.48. The normalized spacial score (nSPS) is 22.9. The summed E-state index contributed by atoms with van der Waals surface area (Å²) in [6, 6.07) is 0. The highest BCUT2D eigenvalue weighted by molar-refractivity contribution is 7.90. The number of carbonyl (C=O) groups excluding carboxylic acids is 1. The number of methoxy groups -OCH3 is 1. The molecule has 1 aromatic rings. The van der Waals surface area contributed by atoms with Gasteiger partial charge in [-0.15, -0.1) is 11.3 Å². The van der Waals surface area contributed by atoms with Gasteiger partial charge in [0.25, 0.3) is 0 Å². The Morgan fingerprint density at radius 3 is 3.00 bits per heavy atom. The summed E-state index contributed by atoms with van der Waals surface area (Å²) in [5.41, 5.74) is 2.59. The molecule has 2 unspecified atom stereocenters. The van der Waals surface area contributed by atoms with Crippen molar-refractivity contribution < 1.29 is 17.9 Å². The Labute approximate surface area is 122 Å². The topological polar surface area (TPSA) is 85.4 Å². The Morgan fingerprint density at radius 2 is 2.35 bits per heavy atom. The first-order valence-corrected chi connectivity index (χ1v) is 8.97. The van der Waals surface area contributed by atoms with Gasteiger partial charge in [0.15, 0.2) is 0 Å². The van der Waals surface area contributed by atoms with Gasteiger partial charge >= 0.3 is 5.97 Å². The van der Waals surface area contributed by atoms with E-state index in [9.17, 15) is 13.2 Å². The van der Waals surface area contributed by atoms with Gasteiger partial charge in [-0.3, -0.25) is 4.79 Å². The standard InChI is InChI=1S/C12H18N2O4S2/c1-18-12(15)10-3-2-4-11(10)20(16,17)14-6-5-9-7-19-8-13-9/h7-8,10-11,14H,2-6H2,1H3. The van der Waals surface area contributed by atoms with E-state index in [4.69, 9.17) is 0 Å². The minimum atomic E-state index is -3.49. The fourth-order valence-electron chi connectivity index (χ4n) is 2.51. The van der Waals surface area contributed by atoms with Gasteiger partial charge in [-0.2, -0.15) is 0 Å². The number of hydrogen-bond donors (Lipinski definition) is 1. The number of ether oxygens (including phenoxy) is 1. The summed E-state index contributed by atoms with van der Waals surface area (Å²) in [5, 5.41) is 1.21. The number of nitrogens with zero attached hydrogens (tertiary/aromatic N) is 1. The van der Waals surface area contributed by atoms with Gasteiger partial charge < -0.3 is 4.74 Å². The Bertz CT molecular complexity index is 542. The van der Waals surface area contributed by atoms with Crippen LogP contribution < -0.4 is 4.72 Å². The molecule has 0 bridgehead atoms. The van der Waals surface area contributed by atoms with Crippen LogP contribution in [0.15, 0.2) is 10.9 Å². The third kappa shape index (κ3) is 3.56. The average molecular weight is 318 g/mol. The Kier molecular flexibility index (Phi) is 5.11. The van der Waals surface area contributed by atoms with Crippen LogP contribution in [-0.4, -0.2) is 38.3 Å². The zero-order chi connectivity index (χ0) is 14.6. The molecule has 0 aromatic carbocycles. The molecule has 1 saturated carbocycles. The Balaban J connectivity index is 1.93. The average Bonchev–Trinajstić information content (AvgIpc) is 3.08. The Hall–Kier alpha value is -0.990. The minimum absolute atomic E-state index is 0.302. The number of thiazole rings is 1. The maximum absolute atomic E-state index is 12.3. The lowest BCUT2D eigenvalue weighted by Gasteiger charge is -2.18. The molecule has 1 heterocycles. The molecule has 2 rings (SSSR count). The highest BCUT2D eigenvalue weighted by Crippen LogP contribution is 2.31. The maximum Gasteiger partial charge on any atom is 0.310 e. The number of rotatable bonds is 6. The number of hydrogen-bond acceptors (Lipinski definition) is 6. The molecule has 0 spiro atoms. The van der Waals surface area contributed by atoms with Crippen LogP contribution in [0, 0.1) is 5.92 Å². The van der Waals surface area contributed by atoms with Crippen molar-refractivity contribution in [1.29, 1.82) is 0 Å². The second-order valence-corrected chi connectivity index (χ2v) is 7.47. The molecular weight excluding hydrogens is 300 g/mol. The number of sulfonamides is 1. The fraction of sp³-hybridized carbons (Fsp3) is 0.667. The van der Waals surface area contributed by atoms with Crippen molar-refractivity contribution in [1.82, 2.24) is 9.71 Å². The fourth-order valence-corrected chi connectivity index (χ4v) is 4.86. The largest absolute Gasteiger partial charge is 0.469 e. The molecule has 1 aliphatic carbocycles. The lowest BCUT2D eigenvalue weighted by molar-refractivity contribution is -0.145. The second-order valence-electron chi connectivity index (χ2n) is 4.77. The molecule has 1 fully saturated rings. The van der Waals surface area contributed by atoms with Crippen molar-refractivity contribution >= 4 is 27.3 Å². The molecular formula is C12H18N2O4S2. The zero-order valence-electron chi connectivity index (χ0n) is 11.2. The summed E-state index contributed by atoms with van der Waals surface area (Å²) in [6.45, 7) is 0.302. The molecule has 8 heteroatoms. The maximum atomic E-state index is 12.3. The van der Waals surface area contributed by atoms with Crippen LogP contribution in [0.5, 0.6) is 0 Å². The summed E-state index contributed by atoms with van der Waals surface area (Å²) in [6.07, 6.45) is 2.37.